The van der Waals surface area contributed by atoms with Gasteiger partial charge >= 0.3 is 0 Å². The van der Waals surface area contributed by atoms with Gasteiger partial charge in [0.1, 0.15) is 0 Å². The molecule has 24 heavy (non-hydrogen) atoms. The highest BCUT2D eigenvalue weighted by atomic mass is 35.5. The van der Waals surface area contributed by atoms with Crippen LogP contribution in [-0.2, 0) is 0 Å². The lowest BCUT2D eigenvalue weighted by Crippen LogP contribution is -1.88. The van der Waals surface area contributed by atoms with Crippen LogP contribution in [0.5, 0.6) is 0 Å². The second-order valence-corrected chi connectivity index (χ2v) is 6.34. The van der Waals surface area contributed by atoms with Crippen LogP contribution >= 0.6 is 11.6 Å². The van der Waals surface area contributed by atoms with E-state index in [2.05, 4.69) is 35.3 Å². The average molecular weight is 329 g/mol. The Morgan fingerprint density at radius 1 is 0.792 bits per heavy atom. The fraction of sp³-hybridized carbons (Fsp3) is 0. The molecule has 0 fully saturated rings. The summed E-state index contributed by atoms with van der Waals surface area (Å²) in [7, 11) is 0. The Kier molecular flexibility index (Phi) is 2.88. The molecular weight excluding hydrogens is 316 g/mol. The van der Waals surface area contributed by atoms with Gasteiger partial charge in [0.15, 0.2) is 0 Å². The molecule has 0 saturated carbocycles. The minimum absolute atomic E-state index is 0.719. The van der Waals surface area contributed by atoms with Crippen LogP contribution in [0, 0.1) is 0 Å². The van der Waals surface area contributed by atoms with Gasteiger partial charge in [0, 0.05) is 32.3 Å². The molecule has 2 aromatic heterocycles. The summed E-state index contributed by atoms with van der Waals surface area (Å²) in [5.74, 6) is 0. The molecule has 0 aliphatic heterocycles. The largest absolute Gasteiger partial charge is 0.354 e. The number of benzene rings is 3. The van der Waals surface area contributed by atoms with Crippen molar-refractivity contribution in [3.05, 3.63) is 77.8 Å². The lowest BCUT2D eigenvalue weighted by atomic mass is 10.0. The zero-order chi connectivity index (χ0) is 16.1. The van der Waals surface area contributed by atoms with E-state index in [9.17, 15) is 0 Å². The van der Waals surface area contributed by atoms with Crippen molar-refractivity contribution in [2.45, 2.75) is 0 Å². The maximum atomic E-state index is 6.23. The number of para-hydroxylation sites is 1. The number of hydrogen-bond donors (Lipinski definition) is 1. The summed E-state index contributed by atoms with van der Waals surface area (Å²) < 4.78 is 0. The molecule has 0 aliphatic carbocycles. The summed E-state index contributed by atoms with van der Waals surface area (Å²) in [6.45, 7) is 0. The van der Waals surface area contributed by atoms with E-state index in [-0.39, 0.29) is 0 Å². The van der Waals surface area contributed by atoms with Gasteiger partial charge < -0.3 is 4.98 Å². The highest BCUT2D eigenvalue weighted by Gasteiger charge is 2.15. The Morgan fingerprint density at radius 2 is 1.58 bits per heavy atom. The summed E-state index contributed by atoms with van der Waals surface area (Å²) in [6, 6.07) is 24.5. The number of halogens is 1. The molecule has 1 N–H and O–H groups in total. The first-order chi connectivity index (χ1) is 11.8. The zero-order valence-electron chi connectivity index (χ0n) is 12.8. The van der Waals surface area contributed by atoms with Crippen LogP contribution in [0.15, 0.2) is 72.8 Å². The molecule has 0 spiro atoms. The lowest BCUT2D eigenvalue weighted by molar-refractivity contribution is 1.42. The third kappa shape index (κ3) is 1.93. The highest BCUT2D eigenvalue weighted by Crippen LogP contribution is 2.37. The lowest BCUT2D eigenvalue weighted by Gasteiger charge is -2.07. The van der Waals surface area contributed by atoms with Crippen molar-refractivity contribution in [3.63, 3.8) is 0 Å². The van der Waals surface area contributed by atoms with E-state index in [0.29, 0.717) is 0 Å². The van der Waals surface area contributed by atoms with Gasteiger partial charge in [-0.15, -0.1) is 0 Å². The van der Waals surface area contributed by atoms with Crippen LogP contribution < -0.4 is 0 Å². The van der Waals surface area contributed by atoms with Crippen LogP contribution in [0.4, 0.5) is 0 Å². The normalized spacial score (nSPS) is 11.5. The SMILES string of the molecule is Clc1ccc2nc(-c3ccccc3)c3c4ccccc4[nH]c3c2c1. The zero-order valence-corrected chi connectivity index (χ0v) is 13.5. The fourth-order valence-electron chi connectivity index (χ4n) is 3.38. The molecular formula is C21H13ClN2. The second kappa shape index (κ2) is 5.08. The van der Waals surface area contributed by atoms with Gasteiger partial charge in [0.05, 0.1) is 16.7 Å². The molecule has 3 aromatic carbocycles. The predicted molar refractivity (Wildman–Crippen MR) is 102 cm³/mol. The number of fused-ring (bicyclic) bond motifs is 5. The van der Waals surface area contributed by atoms with E-state index < -0.39 is 0 Å². The Balaban J connectivity index is 2.05. The maximum Gasteiger partial charge on any atom is 0.0809 e. The first-order valence-corrected chi connectivity index (χ1v) is 8.24. The monoisotopic (exact) mass is 328 g/mol. The van der Waals surface area contributed by atoms with Gasteiger partial charge in [-0.3, -0.25) is 0 Å². The predicted octanol–water partition coefficient (Wildman–Crippen LogP) is 6.19. The van der Waals surface area contributed by atoms with Crippen molar-refractivity contribution >= 4 is 44.3 Å². The molecule has 0 saturated heterocycles. The van der Waals surface area contributed by atoms with Gasteiger partial charge in [0.25, 0.3) is 0 Å². The summed E-state index contributed by atoms with van der Waals surface area (Å²) in [5, 5.41) is 4.09. The van der Waals surface area contributed by atoms with Gasteiger partial charge in [-0.05, 0) is 24.3 Å². The number of rotatable bonds is 1. The van der Waals surface area contributed by atoms with Gasteiger partial charge in [-0.25, -0.2) is 4.98 Å². The van der Waals surface area contributed by atoms with E-state index in [1.54, 1.807) is 0 Å². The molecule has 2 heterocycles. The molecule has 0 atom stereocenters. The van der Waals surface area contributed by atoms with Crippen LogP contribution in [0.25, 0.3) is 44.0 Å². The van der Waals surface area contributed by atoms with Crippen molar-refractivity contribution in [2.24, 2.45) is 0 Å². The number of aromatic amines is 1. The standard InChI is InChI=1S/C21H13ClN2/c22-14-10-11-18-16(12-14)21-19(15-8-4-5-9-17(15)24-21)20(23-18)13-6-2-1-3-7-13/h1-12,24H. The summed E-state index contributed by atoms with van der Waals surface area (Å²) >= 11 is 6.23. The molecule has 5 rings (SSSR count). The van der Waals surface area contributed by atoms with E-state index in [1.165, 1.54) is 5.39 Å². The number of nitrogens with zero attached hydrogens (tertiary/aromatic N) is 1. The van der Waals surface area contributed by atoms with Gasteiger partial charge in [-0.2, -0.15) is 0 Å². The van der Waals surface area contributed by atoms with Crippen molar-refractivity contribution in [1.82, 2.24) is 9.97 Å². The number of hydrogen-bond acceptors (Lipinski definition) is 1. The van der Waals surface area contributed by atoms with Crippen molar-refractivity contribution in [3.8, 4) is 11.3 Å². The maximum absolute atomic E-state index is 6.23. The molecule has 0 amide bonds. The molecule has 3 heteroatoms. The van der Waals surface area contributed by atoms with E-state index >= 15 is 0 Å². The molecule has 5 aromatic rings. The van der Waals surface area contributed by atoms with E-state index in [1.807, 2.05) is 42.5 Å². The molecule has 114 valence electrons. The fourth-order valence-corrected chi connectivity index (χ4v) is 3.55. The van der Waals surface area contributed by atoms with E-state index in [4.69, 9.17) is 16.6 Å². The van der Waals surface area contributed by atoms with Crippen LogP contribution in [0.1, 0.15) is 0 Å². The first kappa shape index (κ1) is 13.6. The average Bonchev–Trinajstić information content (AvgIpc) is 3.02. The summed E-state index contributed by atoms with van der Waals surface area (Å²) in [5.41, 5.74) is 5.25. The van der Waals surface area contributed by atoms with Crippen molar-refractivity contribution in [2.75, 3.05) is 0 Å². The highest BCUT2D eigenvalue weighted by molar-refractivity contribution is 6.32. The number of aromatic nitrogens is 2. The Labute approximate surface area is 143 Å². The molecule has 0 unspecified atom stereocenters. The molecule has 0 radical (unpaired) electrons. The van der Waals surface area contributed by atoms with Crippen molar-refractivity contribution in [1.29, 1.82) is 0 Å². The van der Waals surface area contributed by atoms with Crippen LogP contribution in [-0.4, -0.2) is 9.97 Å². The summed E-state index contributed by atoms with van der Waals surface area (Å²) in [6.07, 6.45) is 0. The van der Waals surface area contributed by atoms with Gasteiger partial charge in [0.2, 0.25) is 0 Å². The third-order valence-corrected chi connectivity index (χ3v) is 4.69. The third-order valence-electron chi connectivity index (χ3n) is 4.45. The van der Waals surface area contributed by atoms with Crippen LogP contribution in [0.2, 0.25) is 5.02 Å². The Morgan fingerprint density at radius 3 is 2.46 bits per heavy atom. The first-order valence-electron chi connectivity index (χ1n) is 7.86. The minimum Gasteiger partial charge on any atom is -0.354 e. The smallest absolute Gasteiger partial charge is 0.0809 e. The topological polar surface area (TPSA) is 28.7 Å². The molecule has 0 bridgehead atoms. The molecule has 0 aliphatic rings. The van der Waals surface area contributed by atoms with Crippen LogP contribution in [0.3, 0.4) is 0 Å². The Bertz CT molecular complexity index is 1210. The van der Waals surface area contributed by atoms with E-state index in [0.717, 1.165) is 43.6 Å². The van der Waals surface area contributed by atoms with Crippen molar-refractivity contribution < 1.29 is 0 Å². The molecule has 2 nitrogen and oxygen atoms in total. The quantitative estimate of drug-likeness (QED) is 0.390. The summed E-state index contributed by atoms with van der Waals surface area (Å²) in [4.78, 5) is 8.52. The number of nitrogens with one attached hydrogen (secondary N) is 1. The minimum atomic E-state index is 0.719. The van der Waals surface area contributed by atoms with Gasteiger partial charge in [-0.1, -0.05) is 60.1 Å². The number of pyridine rings is 1. The number of H-pyrrole nitrogens is 1. The second-order valence-electron chi connectivity index (χ2n) is 5.91. The Hall–Kier alpha value is -2.84.